The standard InChI is InChI=1S/C13H17N5O/c1-4-18-7-10(6-16-18)19-13-11(12(14)15)8(2)5-9(3)17-13/h5-7H,4H2,1-3H3,(H3,14,15). The Balaban J connectivity index is 2.40. The molecule has 0 aliphatic carbocycles. The average molecular weight is 259 g/mol. The fraction of sp³-hybridized carbons (Fsp3) is 0.308. The summed E-state index contributed by atoms with van der Waals surface area (Å²) < 4.78 is 7.46. The molecule has 0 atom stereocenters. The molecule has 2 aromatic rings. The molecule has 0 aliphatic heterocycles. The van der Waals surface area contributed by atoms with Gasteiger partial charge in [-0.15, -0.1) is 0 Å². The molecule has 0 spiro atoms. The molecular formula is C13H17N5O. The van der Waals surface area contributed by atoms with Gasteiger partial charge in [-0.25, -0.2) is 4.98 Å². The summed E-state index contributed by atoms with van der Waals surface area (Å²) in [7, 11) is 0. The number of nitrogens with zero attached hydrogens (tertiary/aromatic N) is 3. The molecule has 0 radical (unpaired) electrons. The summed E-state index contributed by atoms with van der Waals surface area (Å²) in [6.45, 7) is 6.52. The summed E-state index contributed by atoms with van der Waals surface area (Å²) in [5.41, 5.74) is 7.81. The van der Waals surface area contributed by atoms with Crippen LogP contribution in [0.4, 0.5) is 0 Å². The molecule has 100 valence electrons. The summed E-state index contributed by atoms with van der Waals surface area (Å²) in [5, 5.41) is 11.8. The molecule has 6 nitrogen and oxygen atoms in total. The minimum absolute atomic E-state index is 0.0529. The maximum atomic E-state index is 7.63. The lowest BCUT2D eigenvalue weighted by Crippen LogP contribution is -2.15. The number of nitrogen functional groups attached to an aromatic ring is 1. The summed E-state index contributed by atoms with van der Waals surface area (Å²) in [6.07, 6.45) is 3.40. The van der Waals surface area contributed by atoms with E-state index >= 15 is 0 Å². The van der Waals surface area contributed by atoms with Gasteiger partial charge in [-0.3, -0.25) is 10.1 Å². The van der Waals surface area contributed by atoms with E-state index in [9.17, 15) is 0 Å². The molecule has 0 aromatic carbocycles. The van der Waals surface area contributed by atoms with Crippen molar-refractivity contribution < 1.29 is 4.74 Å². The van der Waals surface area contributed by atoms with E-state index in [1.54, 1.807) is 17.1 Å². The van der Waals surface area contributed by atoms with Crippen LogP contribution in [0.3, 0.4) is 0 Å². The van der Waals surface area contributed by atoms with Crippen molar-refractivity contribution in [1.29, 1.82) is 5.41 Å². The number of pyridine rings is 1. The molecule has 6 heteroatoms. The molecule has 3 N–H and O–H groups in total. The maximum absolute atomic E-state index is 7.63. The van der Waals surface area contributed by atoms with Crippen LogP contribution >= 0.6 is 0 Å². The SMILES string of the molecule is CCn1cc(Oc2nc(C)cc(C)c2C(=N)N)cn1. The highest BCUT2D eigenvalue weighted by Crippen LogP contribution is 2.25. The highest BCUT2D eigenvalue weighted by Gasteiger charge is 2.14. The molecule has 2 heterocycles. The van der Waals surface area contributed by atoms with Crippen LogP contribution in [0, 0.1) is 19.3 Å². The second-order valence-electron chi connectivity index (χ2n) is 4.31. The third-order valence-corrected chi connectivity index (χ3v) is 2.73. The molecule has 19 heavy (non-hydrogen) atoms. The van der Waals surface area contributed by atoms with E-state index in [0.29, 0.717) is 17.2 Å². The normalized spacial score (nSPS) is 10.5. The minimum Gasteiger partial charge on any atom is -0.435 e. The number of ether oxygens (including phenoxy) is 1. The molecule has 0 saturated heterocycles. The lowest BCUT2D eigenvalue weighted by molar-refractivity contribution is 0.458. The highest BCUT2D eigenvalue weighted by atomic mass is 16.5. The van der Waals surface area contributed by atoms with Crippen molar-refractivity contribution >= 4 is 5.84 Å². The van der Waals surface area contributed by atoms with Crippen molar-refractivity contribution in [2.45, 2.75) is 27.3 Å². The molecule has 0 saturated carbocycles. The topological polar surface area (TPSA) is 89.8 Å². The molecule has 2 rings (SSSR count). The van der Waals surface area contributed by atoms with Crippen molar-refractivity contribution in [2.24, 2.45) is 5.73 Å². The quantitative estimate of drug-likeness (QED) is 0.649. The first kappa shape index (κ1) is 13.1. The third kappa shape index (κ3) is 2.73. The molecule has 0 fully saturated rings. The first-order chi connectivity index (χ1) is 9.01. The van der Waals surface area contributed by atoms with E-state index in [1.807, 2.05) is 26.8 Å². The molecular weight excluding hydrogens is 242 g/mol. The Morgan fingerprint density at radius 2 is 2.21 bits per heavy atom. The van der Waals surface area contributed by atoms with Crippen molar-refractivity contribution in [1.82, 2.24) is 14.8 Å². The van der Waals surface area contributed by atoms with Crippen LogP contribution in [0.5, 0.6) is 11.6 Å². The lowest BCUT2D eigenvalue weighted by Gasteiger charge is -2.11. The summed E-state index contributed by atoms with van der Waals surface area (Å²) >= 11 is 0. The Hall–Kier alpha value is -2.37. The zero-order valence-corrected chi connectivity index (χ0v) is 11.3. The Bertz CT molecular complexity index is 617. The molecule has 0 unspecified atom stereocenters. The van der Waals surface area contributed by atoms with Gasteiger partial charge in [0, 0.05) is 12.2 Å². The fourth-order valence-corrected chi connectivity index (χ4v) is 1.89. The largest absolute Gasteiger partial charge is 0.435 e. The van der Waals surface area contributed by atoms with Crippen LogP contribution < -0.4 is 10.5 Å². The van der Waals surface area contributed by atoms with Crippen LogP contribution in [0.1, 0.15) is 23.7 Å². The van der Waals surface area contributed by atoms with Gasteiger partial charge in [-0.05, 0) is 32.4 Å². The van der Waals surface area contributed by atoms with Gasteiger partial charge in [0.2, 0.25) is 5.88 Å². The van der Waals surface area contributed by atoms with Crippen molar-refractivity contribution in [2.75, 3.05) is 0 Å². The number of hydrogen-bond donors (Lipinski definition) is 2. The van der Waals surface area contributed by atoms with E-state index in [4.69, 9.17) is 15.9 Å². The number of hydrogen-bond acceptors (Lipinski definition) is 4. The van der Waals surface area contributed by atoms with E-state index in [2.05, 4.69) is 10.1 Å². The number of nitrogens with one attached hydrogen (secondary N) is 1. The van der Waals surface area contributed by atoms with Gasteiger partial charge >= 0.3 is 0 Å². The van der Waals surface area contributed by atoms with Crippen molar-refractivity contribution in [3.63, 3.8) is 0 Å². The van der Waals surface area contributed by atoms with Gasteiger partial charge < -0.3 is 10.5 Å². The molecule has 0 bridgehead atoms. The zero-order valence-electron chi connectivity index (χ0n) is 11.3. The molecule has 0 amide bonds. The van der Waals surface area contributed by atoms with Crippen LogP contribution in [0.25, 0.3) is 0 Å². The van der Waals surface area contributed by atoms with Crippen molar-refractivity contribution in [3.8, 4) is 11.6 Å². The Morgan fingerprint density at radius 1 is 1.47 bits per heavy atom. The monoisotopic (exact) mass is 259 g/mol. The van der Waals surface area contributed by atoms with E-state index in [0.717, 1.165) is 17.8 Å². The van der Waals surface area contributed by atoms with Gasteiger partial charge in [0.15, 0.2) is 5.75 Å². The maximum Gasteiger partial charge on any atom is 0.230 e. The van der Waals surface area contributed by atoms with Gasteiger partial charge in [0.05, 0.1) is 18.0 Å². The van der Waals surface area contributed by atoms with E-state index < -0.39 is 0 Å². The van der Waals surface area contributed by atoms with Gasteiger partial charge in [-0.1, -0.05) is 0 Å². The summed E-state index contributed by atoms with van der Waals surface area (Å²) in [6, 6.07) is 1.87. The summed E-state index contributed by atoms with van der Waals surface area (Å²) in [4.78, 5) is 4.31. The fourth-order valence-electron chi connectivity index (χ4n) is 1.89. The second-order valence-corrected chi connectivity index (χ2v) is 4.31. The average Bonchev–Trinajstić information content (AvgIpc) is 2.75. The van der Waals surface area contributed by atoms with E-state index in [-0.39, 0.29) is 5.84 Å². The first-order valence-electron chi connectivity index (χ1n) is 6.04. The Morgan fingerprint density at radius 3 is 2.79 bits per heavy atom. The van der Waals surface area contributed by atoms with E-state index in [1.165, 1.54) is 0 Å². The first-order valence-corrected chi connectivity index (χ1v) is 6.04. The Labute approximate surface area is 111 Å². The zero-order chi connectivity index (χ0) is 14.0. The minimum atomic E-state index is -0.0529. The number of nitrogens with two attached hydrogens (primary N) is 1. The summed E-state index contributed by atoms with van der Waals surface area (Å²) in [5.74, 6) is 0.880. The number of aromatic nitrogens is 3. The Kier molecular flexibility index (Phi) is 3.50. The van der Waals surface area contributed by atoms with Crippen LogP contribution in [-0.4, -0.2) is 20.6 Å². The molecule has 2 aromatic heterocycles. The van der Waals surface area contributed by atoms with Gasteiger partial charge in [0.25, 0.3) is 0 Å². The van der Waals surface area contributed by atoms with Gasteiger partial charge in [-0.2, -0.15) is 5.10 Å². The predicted molar refractivity (Wildman–Crippen MR) is 72.7 cm³/mol. The predicted octanol–water partition coefficient (Wildman–Crippen LogP) is 1.99. The van der Waals surface area contributed by atoms with Gasteiger partial charge in [0.1, 0.15) is 5.84 Å². The number of rotatable bonds is 4. The number of aryl methyl sites for hydroxylation is 3. The smallest absolute Gasteiger partial charge is 0.230 e. The van der Waals surface area contributed by atoms with Crippen LogP contribution in [-0.2, 0) is 6.54 Å². The van der Waals surface area contributed by atoms with Crippen molar-refractivity contribution in [3.05, 3.63) is 35.3 Å². The third-order valence-electron chi connectivity index (χ3n) is 2.73. The second kappa shape index (κ2) is 5.09. The number of amidine groups is 1. The van der Waals surface area contributed by atoms with Crippen LogP contribution in [0.15, 0.2) is 18.5 Å². The van der Waals surface area contributed by atoms with Crippen LogP contribution in [0.2, 0.25) is 0 Å². The lowest BCUT2D eigenvalue weighted by atomic mass is 10.1. The molecule has 0 aliphatic rings. The highest BCUT2D eigenvalue weighted by molar-refractivity contribution is 5.98.